The summed E-state index contributed by atoms with van der Waals surface area (Å²) in [5.41, 5.74) is 1.28. The Labute approximate surface area is 99.0 Å². The molecule has 1 saturated carbocycles. The minimum Gasteiger partial charge on any atom is -0.298 e. The van der Waals surface area contributed by atoms with Crippen LogP contribution < -0.4 is 0 Å². The maximum atomic E-state index is 11.9. The average molecular weight is 267 g/mol. The first-order valence-electron chi connectivity index (χ1n) is 5.49. The van der Waals surface area contributed by atoms with Gasteiger partial charge < -0.3 is 0 Å². The van der Waals surface area contributed by atoms with Gasteiger partial charge >= 0.3 is 0 Å². The van der Waals surface area contributed by atoms with E-state index < -0.39 is 0 Å². The molecule has 0 N–H and O–H groups in total. The molecular weight excluding hydrogens is 252 g/mol. The van der Waals surface area contributed by atoms with Gasteiger partial charge in [0.25, 0.3) is 0 Å². The van der Waals surface area contributed by atoms with Crippen molar-refractivity contribution in [2.24, 2.45) is 5.92 Å². The molecule has 0 aliphatic heterocycles. The second-order valence-corrected chi connectivity index (χ2v) is 5.29. The summed E-state index contributed by atoms with van der Waals surface area (Å²) in [5, 5.41) is 0. The molecule has 0 saturated heterocycles. The standard InChI is InChI=1S/C13H15BrO/c14-12-8-4-7-11(13(12)15)9-10-5-2-1-3-6-10/h1-3,5-6,11-12H,4,7-9H2. The highest BCUT2D eigenvalue weighted by Gasteiger charge is 2.28. The molecule has 0 aromatic heterocycles. The van der Waals surface area contributed by atoms with Gasteiger partial charge in [-0.15, -0.1) is 0 Å². The van der Waals surface area contributed by atoms with E-state index in [9.17, 15) is 4.79 Å². The van der Waals surface area contributed by atoms with Crippen LogP contribution in [0.2, 0.25) is 0 Å². The number of alkyl halides is 1. The van der Waals surface area contributed by atoms with Gasteiger partial charge in [-0.3, -0.25) is 4.79 Å². The molecule has 0 spiro atoms. The quantitative estimate of drug-likeness (QED) is 0.751. The Morgan fingerprint density at radius 1 is 1.20 bits per heavy atom. The fraction of sp³-hybridized carbons (Fsp3) is 0.462. The van der Waals surface area contributed by atoms with Crippen LogP contribution in [-0.4, -0.2) is 10.6 Å². The van der Waals surface area contributed by atoms with Crippen LogP contribution in [0.1, 0.15) is 24.8 Å². The number of halogens is 1. The smallest absolute Gasteiger partial charge is 0.149 e. The predicted octanol–water partition coefficient (Wildman–Crippen LogP) is 3.36. The maximum Gasteiger partial charge on any atom is 0.149 e. The van der Waals surface area contributed by atoms with E-state index in [1.165, 1.54) is 12.0 Å². The summed E-state index contributed by atoms with van der Waals surface area (Å²) in [6.45, 7) is 0. The van der Waals surface area contributed by atoms with E-state index in [-0.39, 0.29) is 10.7 Å². The minimum atomic E-state index is 0.0972. The second kappa shape index (κ2) is 4.93. The van der Waals surface area contributed by atoms with Gasteiger partial charge in [0.15, 0.2) is 0 Å². The van der Waals surface area contributed by atoms with Crippen LogP contribution in [0, 0.1) is 5.92 Å². The third kappa shape index (κ3) is 2.69. The van der Waals surface area contributed by atoms with E-state index in [4.69, 9.17) is 0 Å². The molecule has 1 aromatic rings. The van der Waals surface area contributed by atoms with Crippen LogP contribution in [0.5, 0.6) is 0 Å². The predicted molar refractivity (Wildman–Crippen MR) is 65.2 cm³/mol. The normalized spacial score (nSPS) is 26.6. The summed E-state index contributed by atoms with van der Waals surface area (Å²) in [5.74, 6) is 0.621. The zero-order valence-corrected chi connectivity index (χ0v) is 10.2. The van der Waals surface area contributed by atoms with Crippen LogP contribution >= 0.6 is 15.9 Å². The molecule has 1 fully saturated rings. The van der Waals surface area contributed by atoms with Crippen molar-refractivity contribution >= 4 is 21.7 Å². The van der Waals surface area contributed by atoms with Gasteiger partial charge in [-0.05, 0) is 24.8 Å². The van der Waals surface area contributed by atoms with E-state index in [1.807, 2.05) is 18.2 Å². The van der Waals surface area contributed by atoms with Crippen LogP contribution in [-0.2, 0) is 11.2 Å². The fourth-order valence-corrected chi connectivity index (χ4v) is 2.88. The largest absolute Gasteiger partial charge is 0.298 e. The van der Waals surface area contributed by atoms with Crippen molar-refractivity contribution in [1.29, 1.82) is 0 Å². The molecule has 80 valence electrons. The van der Waals surface area contributed by atoms with E-state index in [0.29, 0.717) is 5.78 Å². The van der Waals surface area contributed by atoms with Crippen LogP contribution in [0.4, 0.5) is 0 Å². The third-order valence-corrected chi connectivity index (χ3v) is 3.96. The number of rotatable bonds is 2. The Bertz CT molecular complexity index is 334. The molecule has 0 heterocycles. The fourth-order valence-electron chi connectivity index (χ4n) is 2.19. The van der Waals surface area contributed by atoms with Crippen molar-refractivity contribution in [2.75, 3.05) is 0 Å². The molecule has 1 aromatic carbocycles. The molecule has 2 unspecified atom stereocenters. The van der Waals surface area contributed by atoms with Gasteiger partial charge in [0.05, 0.1) is 4.83 Å². The van der Waals surface area contributed by atoms with Gasteiger partial charge in [-0.25, -0.2) is 0 Å². The summed E-state index contributed by atoms with van der Waals surface area (Å²) in [4.78, 5) is 12.0. The third-order valence-electron chi connectivity index (χ3n) is 3.05. The molecule has 0 radical (unpaired) electrons. The molecule has 0 bridgehead atoms. The van der Waals surface area contributed by atoms with Crippen molar-refractivity contribution in [2.45, 2.75) is 30.5 Å². The Morgan fingerprint density at radius 3 is 2.67 bits per heavy atom. The topological polar surface area (TPSA) is 17.1 Å². The van der Waals surface area contributed by atoms with Crippen molar-refractivity contribution in [3.8, 4) is 0 Å². The van der Waals surface area contributed by atoms with E-state index in [1.54, 1.807) is 0 Å². The highest BCUT2D eigenvalue weighted by atomic mass is 79.9. The number of carbonyl (C=O) groups excluding carboxylic acids is 1. The Morgan fingerprint density at radius 2 is 1.93 bits per heavy atom. The summed E-state index contributed by atoms with van der Waals surface area (Å²) in [6, 6.07) is 10.3. The first kappa shape index (κ1) is 10.9. The highest BCUT2D eigenvalue weighted by Crippen LogP contribution is 2.28. The number of hydrogen-bond acceptors (Lipinski definition) is 1. The van der Waals surface area contributed by atoms with E-state index in [0.717, 1.165) is 19.3 Å². The Hall–Kier alpha value is -0.630. The number of carbonyl (C=O) groups is 1. The molecule has 0 amide bonds. The maximum absolute atomic E-state index is 11.9. The first-order chi connectivity index (χ1) is 7.27. The lowest BCUT2D eigenvalue weighted by molar-refractivity contribution is -0.123. The lowest BCUT2D eigenvalue weighted by Gasteiger charge is -2.24. The van der Waals surface area contributed by atoms with Crippen molar-refractivity contribution in [1.82, 2.24) is 0 Å². The van der Waals surface area contributed by atoms with Gasteiger partial charge in [0.2, 0.25) is 0 Å². The lowest BCUT2D eigenvalue weighted by Crippen LogP contribution is -2.29. The SMILES string of the molecule is O=C1C(Br)CCCC1Cc1ccccc1. The molecule has 2 heteroatoms. The van der Waals surface area contributed by atoms with Crippen LogP contribution in [0.25, 0.3) is 0 Å². The van der Waals surface area contributed by atoms with Gasteiger partial charge in [-0.2, -0.15) is 0 Å². The number of hydrogen-bond donors (Lipinski definition) is 0. The molecule has 2 atom stereocenters. The van der Waals surface area contributed by atoms with Crippen molar-refractivity contribution in [3.05, 3.63) is 35.9 Å². The van der Waals surface area contributed by atoms with Gasteiger partial charge in [0, 0.05) is 5.92 Å². The monoisotopic (exact) mass is 266 g/mol. The van der Waals surface area contributed by atoms with Crippen molar-refractivity contribution in [3.63, 3.8) is 0 Å². The summed E-state index contributed by atoms with van der Waals surface area (Å²) < 4.78 is 0. The zero-order valence-electron chi connectivity index (χ0n) is 8.66. The second-order valence-electron chi connectivity index (χ2n) is 4.19. The molecular formula is C13H15BrO. The van der Waals surface area contributed by atoms with Gasteiger partial charge in [-0.1, -0.05) is 52.7 Å². The Kier molecular flexibility index (Phi) is 3.57. The van der Waals surface area contributed by atoms with Crippen LogP contribution in [0.15, 0.2) is 30.3 Å². The Balaban J connectivity index is 2.03. The molecule has 1 aliphatic carbocycles. The van der Waals surface area contributed by atoms with Gasteiger partial charge in [0.1, 0.15) is 5.78 Å². The summed E-state index contributed by atoms with van der Waals surface area (Å²) in [6.07, 6.45) is 4.13. The number of benzene rings is 1. The number of Topliss-reactive ketones (excluding diaryl/α,β-unsaturated/α-hetero) is 1. The van der Waals surface area contributed by atoms with E-state index >= 15 is 0 Å². The minimum absolute atomic E-state index is 0.0972. The molecule has 15 heavy (non-hydrogen) atoms. The van der Waals surface area contributed by atoms with Crippen molar-refractivity contribution < 1.29 is 4.79 Å². The lowest BCUT2D eigenvalue weighted by atomic mass is 9.84. The zero-order chi connectivity index (χ0) is 10.7. The van der Waals surface area contributed by atoms with Crippen LogP contribution in [0.3, 0.4) is 0 Å². The molecule has 2 rings (SSSR count). The van der Waals surface area contributed by atoms with E-state index in [2.05, 4.69) is 28.1 Å². The first-order valence-corrected chi connectivity index (χ1v) is 6.40. The summed E-state index contributed by atoms with van der Waals surface area (Å²) >= 11 is 3.46. The number of ketones is 1. The molecule has 1 aliphatic rings. The average Bonchev–Trinajstić information content (AvgIpc) is 2.26. The highest BCUT2D eigenvalue weighted by molar-refractivity contribution is 9.10. The summed E-state index contributed by atoms with van der Waals surface area (Å²) in [7, 11) is 0. The molecule has 1 nitrogen and oxygen atoms in total.